The summed E-state index contributed by atoms with van der Waals surface area (Å²) in [5.41, 5.74) is 8.55. The van der Waals surface area contributed by atoms with Crippen molar-refractivity contribution in [2.45, 2.75) is 0 Å². The largest absolute Gasteiger partial charge is 0.505 e. The molecule has 0 spiro atoms. The Labute approximate surface area is 380 Å². The molecule has 7 aromatic rings. The Kier molecular flexibility index (Phi) is 10.4. The molecule has 8 bridgehead atoms. The Morgan fingerprint density at radius 3 is 0.683 bits per heavy atom. The molecule has 8 nitrogen and oxygen atoms in total. The molecule has 0 unspecified atom stereocenters. The van der Waals surface area contributed by atoms with Crippen molar-refractivity contribution >= 4 is 139 Å². The second kappa shape index (κ2) is 15.5. The lowest BCUT2D eigenvalue weighted by atomic mass is 10.0. The first-order valence-corrected chi connectivity index (χ1v) is 20.6. The Morgan fingerprint density at radius 1 is 0.317 bits per heavy atom. The van der Waals surface area contributed by atoms with Crippen molar-refractivity contribution in [1.82, 2.24) is 19.9 Å². The molecular weight excluding hydrogens is 932 g/mol. The molecule has 0 saturated heterocycles. The summed E-state index contributed by atoms with van der Waals surface area (Å²) in [6.45, 7) is 0. The lowest BCUT2D eigenvalue weighted by Gasteiger charge is -2.10. The number of aromatic amines is 2. The van der Waals surface area contributed by atoms with E-state index in [1.54, 1.807) is 48.5 Å². The molecule has 6 N–H and O–H groups in total. The molecular formula is C44H22Cl8N4O4. The number of phenols is 4. The minimum absolute atomic E-state index is 0.0210. The molecule has 9 rings (SSSR count). The Balaban J connectivity index is 1.51. The van der Waals surface area contributed by atoms with Gasteiger partial charge in [-0.25, -0.2) is 9.97 Å². The molecule has 16 heteroatoms. The van der Waals surface area contributed by atoms with E-state index in [1.807, 2.05) is 48.6 Å². The van der Waals surface area contributed by atoms with E-state index in [1.165, 1.54) is 0 Å². The lowest BCUT2D eigenvalue weighted by molar-refractivity contribution is 0.475. The minimum Gasteiger partial charge on any atom is -0.505 e. The summed E-state index contributed by atoms with van der Waals surface area (Å²) >= 11 is 52.1. The first-order valence-electron chi connectivity index (χ1n) is 17.6. The number of aromatic nitrogens is 4. The summed E-state index contributed by atoms with van der Waals surface area (Å²) in [6.07, 6.45) is 7.27. The third-order valence-electron chi connectivity index (χ3n) is 9.98. The summed E-state index contributed by atoms with van der Waals surface area (Å²) in [6, 6.07) is 20.1. The molecule has 0 saturated carbocycles. The van der Waals surface area contributed by atoms with Gasteiger partial charge < -0.3 is 30.4 Å². The van der Waals surface area contributed by atoms with Crippen LogP contribution >= 0.6 is 92.8 Å². The topological polar surface area (TPSA) is 138 Å². The quantitative estimate of drug-likeness (QED) is 0.104. The molecule has 4 aromatic carbocycles. The predicted molar refractivity (Wildman–Crippen MR) is 247 cm³/mol. The zero-order chi connectivity index (χ0) is 42.3. The van der Waals surface area contributed by atoms with E-state index in [-0.39, 0.29) is 63.2 Å². The molecule has 0 radical (unpaired) electrons. The third kappa shape index (κ3) is 7.01. The fourth-order valence-corrected chi connectivity index (χ4v) is 9.21. The maximum atomic E-state index is 10.5. The molecule has 2 aliphatic rings. The van der Waals surface area contributed by atoms with Crippen LogP contribution in [0.2, 0.25) is 40.2 Å². The maximum absolute atomic E-state index is 10.5. The predicted octanol–water partition coefficient (Wildman–Crippen LogP) is 15.4. The lowest BCUT2D eigenvalue weighted by Crippen LogP contribution is -1.91. The van der Waals surface area contributed by atoms with Crippen molar-refractivity contribution in [2.24, 2.45) is 0 Å². The van der Waals surface area contributed by atoms with Crippen molar-refractivity contribution in [3.8, 4) is 67.5 Å². The highest BCUT2D eigenvalue weighted by atomic mass is 35.5. The number of aromatic hydroxyl groups is 4. The average Bonchev–Trinajstić information content (AvgIpc) is 4.05. The molecule has 0 atom stereocenters. The standard InChI is InChI=1S/C44H22Cl8N4O4/c45-21-9-17(10-22(46)41(21)57)37-29-1-2-30(53-29)38(18-11-23(47)42(58)24(48)12-18)32-5-6-34(55-32)40(20-15-27(51)44(60)28(52)16-20)36-8-7-35(56-36)39(33-4-3-31(37)54-33)19-13-25(49)43(59)26(50)14-19/h1-16,53,56-60H. The van der Waals surface area contributed by atoms with E-state index in [0.717, 1.165) is 0 Å². The van der Waals surface area contributed by atoms with Gasteiger partial charge in [0.15, 0.2) is 23.0 Å². The van der Waals surface area contributed by atoms with Gasteiger partial charge in [-0.3, -0.25) is 0 Å². The van der Waals surface area contributed by atoms with E-state index in [4.69, 9.17) is 103 Å². The van der Waals surface area contributed by atoms with Gasteiger partial charge in [0.1, 0.15) is 0 Å². The summed E-state index contributed by atoms with van der Waals surface area (Å²) in [5.74, 6) is -1.11. The number of fused-ring (bicyclic) bond motifs is 8. The smallest absolute Gasteiger partial charge is 0.152 e. The van der Waals surface area contributed by atoms with Crippen LogP contribution in [-0.4, -0.2) is 40.4 Å². The van der Waals surface area contributed by atoms with Crippen LogP contribution in [0.3, 0.4) is 0 Å². The van der Waals surface area contributed by atoms with Crippen molar-refractivity contribution in [1.29, 1.82) is 0 Å². The number of rotatable bonds is 4. The monoisotopic (exact) mass is 950 g/mol. The fraction of sp³-hybridized carbons (Fsp3) is 0. The zero-order valence-corrected chi connectivity index (χ0v) is 36.0. The van der Waals surface area contributed by atoms with Crippen molar-refractivity contribution in [3.63, 3.8) is 0 Å². The number of nitrogens with one attached hydrogen (secondary N) is 2. The second-order valence-electron chi connectivity index (χ2n) is 13.7. The van der Waals surface area contributed by atoms with E-state index in [0.29, 0.717) is 89.4 Å². The second-order valence-corrected chi connectivity index (χ2v) is 16.9. The molecule has 60 heavy (non-hydrogen) atoms. The van der Waals surface area contributed by atoms with Crippen LogP contribution in [0.1, 0.15) is 22.8 Å². The number of H-pyrrole nitrogens is 2. The van der Waals surface area contributed by atoms with Crippen LogP contribution in [0.15, 0.2) is 72.8 Å². The fourth-order valence-electron chi connectivity index (χ4n) is 7.26. The molecule has 0 amide bonds. The Hall–Kier alpha value is -5.00. The highest BCUT2D eigenvalue weighted by Gasteiger charge is 2.22. The molecule has 298 valence electrons. The highest BCUT2D eigenvalue weighted by Crippen LogP contribution is 2.45. The van der Waals surface area contributed by atoms with Gasteiger partial charge in [-0.1, -0.05) is 92.8 Å². The SMILES string of the molecule is Oc1c(Cl)cc(-c2c3nc(c(-c4cc(Cl)c(O)c(Cl)c4)c4ccc([nH]4)c(-c4cc(Cl)c(O)c(Cl)c4)c4nc(c(-c5cc(Cl)c(O)c(Cl)c5)c5ccc2[nH]5)C=C4)C=C3)cc1Cl. The summed E-state index contributed by atoms with van der Waals surface area (Å²) in [4.78, 5) is 17.4. The van der Waals surface area contributed by atoms with Gasteiger partial charge in [0.2, 0.25) is 0 Å². The third-order valence-corrected chi connectivity index (χ3v) is 12.3. The van der Waals surface area contributed by atoms with E-state index in [2.05, 4.69) is 9.97 Å². The van der Waals surface area contributed by atoms with Crippen molar-refractivity contribution in [3.05, 3.63) is 136 Å². The van der Waals surface area contributed by atoms with Crippen LogP contribution in [0.4, 0.5) is 0 Å². The van der Waals surface area contributed by atoms with Crippen LogP contribution in [0.5, 0.6) is 23.0 Å². The van der Waals surface area contributed by atoms with Crippen LogP contribution in [-0.2, 0) is 0 Å². The van der Waals surface area contributed by atoms with Gasteiger partial charge in [0, 0.05) is 44.3 Å². The molecule has 0 aliphatic carbocycles. The number of nitrogens with zero attached hydrogens (tertiary/aromatic N) is 2. The van der Waals surface area contributed by atoms with Gasteiger partial charge in [-0.05, 0) is 119 Å². The van der Waals surface area contributed by atoms with Crippen LogP contribution < -0.4 is 0 Å². The summed E-state index contributed by atoms with van der Waals surface area (Å²) in [5, 5.41) is 42.3. The van der Waals surface area contributed by atoms with Gasteiger partial charge in [0.05, 0.1) is 63.0 Å². The number of benzene rings is 4. The van der Waals surface area contributed by atoms with Crippen LogP contribution in [0, 0.1) is 0 Å². The minimum atomic E-state index is -0.277. The maximum Gasteiger partial charge on any atom is 0.152 e. The number of phenolic OH excluding ortho intramolecular Hbond substituents is 4. The van der Waals surface area contributed by atoms with Crippen molar-refractivity contribution < 1.29 is 20.4 Å². The first-order chi connectivity index (χ1) is 28.7. The molecule has 3 aromatic heterocycles. The number of halogens is 8. The summed E-state index contributed by atoms with van der Waals surface area (Å²) < 4.78 is 0. The first kappa shape index (κ1) is 40.4. The molecule has 2 aliphatic heterocycles. The molecule has 5 heterocycles. The average molecular weight is 954 g/mol. The van der Waals surface area contributed by atoms with Gasteiger partial charge in [-0.15, -0.1) is 0 Å². The summed E-state index contributed by atoms with van der Waals surface area (Å²) in [7, 11) is 0. The number of hydrogen-bond donors (Lipinski definition) is 6. The normalized spacial score (nSPS) is 12.1. The number of hydrogen-bond acceptors (Lipinski definition) is 6. The highest BCUT2D eigenvalue weighted by molar-refractivity contribution is 6.39. The van der Waals surface area contributed by atoms with E-state index < -0.39 is 0 Å². The Morgan fingerprint density at radius 2 is 0.500 bits per heavy atom. The van der Waals surface area contributed by atoms with Gasteiger partial charge in [-0.2, -0.15) is 0 Å². The van der Waals surface area contributed by atoms with E-state index in [9.17, 15) is 20.4 Å². The zero-order valence-electron chi connectivity index (χ0n) is 29.9. The van der Waals surface area contributed by atoms with Crippen LogP contribution in [0.25, 0.3) is 90.9 Å². The van der Waals surface area contributed by atoms with Gasteiger partial charge >= 0.3 is 0 Å². The Bertz CT molecular complexity index is 2750. The van der Waals surface area contributed by atoms with Crippen molar-refractivity contribution in [2.75, 3.05) is 0 Å². The van der Waals surface area contributed by atoms with Gasteiger partial charge in [0.25, 0.3) is 0 Å². The molecule has 0 fully saturated rings. The van der Waals surface area contributed by atoms with E-state index >= 15 is 0 Å².